The molecule has 1 atom stereocenters. The molecule has 0 radical (unpaired) electrons. The zero-order chi connectivity index (χ0) is 19.6. The molecule has 0 aromatic carbocycles. The maximum absolute atomic E-state index is 12.3. The maximum Gasteiger partial charge on any atom is 0.236 e. The van der Waals surface area contributed by atoms with Crippen LogP contribution in [0.1, 0.15) is 32.1 Å². The highest BCUT2D eigenvalue weighted by molar-refractivity contribution is 5.79. The first-order valence-electron chi connectivity index (χ1n) is 9.58. The smallest absolute Gasteiger partial charge is 0.236 e. The van der Waals surface area contributed by atoms with E-state index in [9.17, 15) is 4.79 Å². The monoisotopic (exact) mass is 380 g/mol. The molecule has 2 aromatic heterocycles. The lowest BCUT2D eigenvalue weighted by atomic mass is 9.81. The van der Waals surface area contributed by atoms with Gasteiger partial charge in [0.1, 0.15) is 12.2 Å². The van der Waals surface area contributed by atoms with Crippen LogP contribution in [0, 0.1) is 16.7 Å². The highest BCUT2D eigenvalue weighted by atomic mass is 16.2. The molecule has 9 heteroatoms. The van der Waals surface area contributed by atoms with Gasteiger partial charge >= 0.3 is 0 Å². The summed E-state index contributed by atoms with van der Waals surface area (Å²) in [6, 6.07) is 3.94. The van der Waals surface area contributed by atoms with Crippen LogP contribution in [-0.4, -0.2) is 49.7 Å². The minimum absolute atomic E-state index is 0.0600. The molecule has 1 aliphatic carbocycles. The van der Waals surface area contributed by atoms with Gasteiger partial charge in [-0.05, 0) is 18.9 Å². The second-order valence-corrected chi connectivity index (χ2v) is 7.67. The lowest BCUT2D eigenvalue weighted by molar-refractivity contribution is -0.129. The fourth-order valence-electron chi connectivity index (χ4n) is 4.42. The third-order valence-corrected chi connectivity index (χ3v) is 5.77. The summed E-state index contributed by atoms with van der Waals surface area (Å²) >= 11 is 0. The molecule has 0 bridgehead atoms. The molecule has 2 N–H and O–H groups in total. The van der Waals surface area contributed by atoms with Crippen molar-refractivity contribution in [3.05, 3.63) is 24.7 Å². The van der Waals surface area contributed by atoms with E-state index in [-0.39, 0.29) is 23.8 Å². The fourth-order valence-corrected chi connectivity index (χ4v) is 4.42. The van der Waals surface area contributed by atoms with E-state index in [1.807, 2.05) is 30.3 Å². The summed E-state index contributed by atoms with van der Waals surface area (Å²) in [4.78, 5) is 23.0. The van der Waals surface area contributed by atoms with Crippen LogP contribution in [-0.2, 0) is 11.8 Å². The molecule has 1 unspecified atom stereocenters. The number of amides is 1. The molecule has 1 saturated carbocycles. The third-order valence-electron chi connectivity index (χ3n) is 5.77. The van der Waals surface area contributed by atoms with Crippen molar-refractivity contribution in [3.8, 4) is 6.07 Å². The largest absolute Gasteiger partial charge is 0.365 e. The molecule has 1 aliphatic heterocycles. The quantitative estimate of drug-likeness (QED) is 0.816. The first-order chi connectivity index (χ1) is 13.6. The molecule has 1 spiro atoms. The number of aromatic nitrogens is 4. The Morgan fingerprint density at radius 1 is 1.43 bits per heavy atom. The Kier molecular flexibility index (Phi) is 4.86. The van der Waals surface area contributed by atoms with Crippen molar-refractivity contribution >= 4 is 23.4 Å². The summed E-state index contributed by atoms with van der Waals surface area (Å²) in [5, 5.41) is 19.7. The summed E-state index contributed by atoms with van der Waals surface area (Å²) in [5.74, 6) is 1.14. The molecule has 2 fully saturated rings. The molecule has 28 heavy (non-hydrogen) atoms. The normalized spacial score (nSPS) is 20.3. The van der Waals surface area contributed by atoms with Crippen LogP contribution in [0.2, 0.25) is 0 Å². The van der Waals surface area contributed by atoms with Crippen molar-refractivity contribution in [3.63, 3.8) is 0 Å². The minimum atomic E-state index is -0.0836. The van der Waals surface area contributed by atoms with E-state index in [0.717, 1.165) is 30.9 Å². The van der Waals surface area contributed by atoms with Gasteiger partial charge in [-0.3, -0.25) is 9.48 Å². The first-order valence-corrected chi connectivity index (χ1v) is 9.58. The Labute approximate surface area is 163 Å². The molecule has 3 heterocycles. The number of hydrogen-bond acceptors (Lipinski definition) is 7. The predicted molar refractivity (Wildman–Crippen MR) is 104 cm³/mol. The number of nitrogens with one attached hydrogen (secondary N) is 2. The van der Waals surface area contributed by atoms with Gasteiger partial charge in [0.15, 0.2) is 0 Å². The molecule has 1 saturated heterocycles. The lowest BCUT2D eigenvalue weighted by Gasteiger charge is -2.30. The van der Waals surface area contributed by atoms with Crippen LogP contribution in [0.25, 0.3) is 0 Å². The van der Waals surface area contributed by atoms with Crippen molar-refractivity contribution in [1.82, 2.24) is 24.6 Å². The Hall–Kier alpha value is -3.15. The zero-order valence-electron chi connectivity index (χ0n) is 15.9. The molecule has 9 nitrogen and oxygen atoms in total. The van der Waals surface area contributed by atoms with Crippen molar-refractivity contribution in [2.24, 2.45) is 12.5 Å². The van der Waals surface area contributed by atoms with Crippen LogP contribution in [0.3, 0.4) is 0 Å². The molecule has 2 aromatic rings. The number of anilines is 3. The highest BCUT2D eigenvalue weighted by Gasteiger charge is 2.49. The van der Waals surface area contributed by atoms with Gasteiger partial charge in [0.25, 0.3) is 0 Å². The number of carbonyl (C=O) groups is 1. The van der Waals surface area contributed by atoms with Gasteiger partial charge in [0.05, 0.1) is 24.0 Å². The maximum atomic E-state index is 12.3. The third kappa shape index (κ3) is 3.63. The van der Waals surface area contributed by atoms with E-state index < -0.39 is 0 Å². The Morgan fingerprint density at radius 3 is 2.96 bits per heavy atom. The van der Waals surface area contributed by atoms with E-state index in [2.05, 4.69) is 25.7 Å². The molecule has 146 valence electrons. The summed E-state index contributed by atoms with van der Waals surface area (Å²) in [6.45, 7) is 1.33. The van der Waals surface area contributed by atoms with Gasteiger partial charge in [-0.1, -0.05) is 12.8 Å². The number of likely N-dealkylation sites (tertiary alicyclic amines) is 1. The predicted octanol–water partition coefficient (Wildman–Crippen LogP) is 2.05. The Morgan fingerprint density at radius 2 is 2.25 bits per heavy atom. The first kappa shape index (κ1) is 18.2. The number of hydrogen-bond donors (Lipinski definition) is 2. The number of rotatable bonds is 5. The van der Waals surface area contributed by atoms with Gasteiger partial charge in [-0.15, -0.1) is 0 Å². The van der Waals surface area contributed by atoms with Gasteiger partial charge < -0.3 is 15.5 Å². The Bertz CT molecular complexity index is 895. The van der Waals surface area contributed by atoms with Crippen molar-refractivity contribution in [1.29, 1.82) is 5.26 Å². The van der Waals surface area contributed by atoms with Crippen LogP contribution < -0.4 is 10.6 Å². The second-order valence-electron chi connectivity index (χ2n) is 7.67. The average Bonchev–Trinajstić information content (AvgIpc) is 3.39. The van der Waals surface area contributed by atoms with E-state index in [0.29, 0.717) is 12.5 Å². The van der Waals surface area contributed by atoms with Gasteiger partial charge in [-0.25, -0.2) is 4.98 Å². The zero-order valence-corrected chi connectivity index (χ0v) is 15.9. The van der Waals surface area contributed by atoms with Crippen molar-refractivity contribution in [2.45, 2.75) is 38.1 Å². The summed E-state index contributed by atoms with van der Waals surface area (Å²) in [7, 11) is 1.85. The van der Waals surface area contributed by atoms with E-state index in [1.54, 1.807) is 17.1 Å². The minimum Gasteiger partial charge on any atom is -0.365 e. The molecule has 4 rings (SSSR count). The lowest BCUT2D eigenvalue weighted by Crippen LogP contribution is -2.37. The summed E-state index contributed by atoms with van der Waals surface area (Å²) < 4.78 is 1.71. The fraction of sp³-hybridized carbons (Fsp3) is 0.526. The van der Waals surface area contributed by atoms with Crippen LogP contribution in [0.4, 0.5) is 17.5 Å². The topological polar surface area (TPSA) is 112 Å². The Balaban J connectivity index is 1.50. The second kappa shape index (κ2) is 7.46. The van der Waals surface area contributed by atoms with Crippen LogP contribution in [0.5, 0.6) is 0 Å². The van der Waals surface area contributed by atoms with E-state index in [1.165, 1.54) is 12.8 Å². The number of aryl methyl sites for hydroxylation is 1. The van der Waals surface area contributed by atoms with Gasteiger partial charge in [0, 0.05) is 37.9 Å². The molecular formula is C19H24N8O. The van der Waals surface area contributed by atoms with E-state index >= 15 is 0 Å². The van der Waals surface area contributed by atoms with Crippen molar-refractivity contribution < 1.29 is 4.79 Å². The average molecular weight is 380 g/mol. The number of nitriles is 1. The van der Waals surface area contributed by atoms with Crippen molar-refractivity contribution in [2.75, 3.05) is 23.7 Å². The highest BCUT2D eigenvalue weighted by Crippen LogP contribution is 2.46. The number of nitrogens with zero attached hydrogens (tertiary/aromatic N) is 6. The summed E-state index contributed by atoms with van der Waals surface area (Å²) in [5.41, 5.74) is 0.883. The van der Waals surface area contributed by atoms with Crippen LogP contribution in [0.15, 0.2) is 24.7 Å². The van der Waals surface area contributed by atoms with Gasteiger partial charge in [-0.2, -0.15) is 15.3 Å². The standard InChI is InChI=1S/C19H24N8O/c1-26-11-14(10-22-26)23-18-21-9-5-16(25-18)24-15-12-27(17(28)4-8-20)13-19(15)6-2-3-7-19/h5,9-11,15H,2-4,6-7,12-13H2,1H3,(H2,21,23,24,25). The molecule has 2 aliphatic rings. The van der Waals surface area contributed by atoms with E-state index in [4.69, 9.17) is 5.26 Å². The summed E-state index contributed by atoms with van der Waals surface area (Å²) in [6.07, 6.45) is 9.75. The molecule has 1 amide bonds. The van der Waals surface area contributed by atoms with Gasteiger partial charge in [0.2, 0.25) is 11.9 Å². The van der Waals surface area contributed by atoms with Crippen LogP contribution >= 0.6 is 0 Å². The number of carbonyl (C=O) groups excluding carboxylic acids is 1. The molecular weight excluding hydrogens is 356 g/mol. The SMILES string of the molecule is Cn1cc(Nc2nccc(NC3CN(C(=O)CC#N)CC34CCCC4)n2)cn1.